The largest absolute Gasteiger partial charge is 0.340 e. The molecule has 0 spiro atoms. The van der Waals surface area contributed by atoms with E-state index in [1.165, 1.54) is 0 Å². The number of thioether (sulfide) groups is 1. The predicted molar refractivity (Wildman–Crippen MR) is 111 cm³/mol. The van der Waals surface area contributed by atoms with Crippen molar-refractivity contribution in [1.82, 2.24) is 24.4 Å². The van der Waals surface area contributed by atoms with Gasteiger partial charge in [-0.2, -0.15) is 4.98 Å². The second kappa shape index (κ2) is 8.36. The monoisotopic (exact) mass is 388 g/mol. The smallest absolute Gasteiger partial charge is 0.280 e. The van der Waals surface area contributed by atoms with Gasteiger partial charge in [0.2, 0.25) is 5.95 Å². The van der Waals surface area contributed by atoms with Gasteiger partial charge < -0.3 is 10.2 Å². The van der Waals surface area contributed by atoms with Crippen LogP contribution in [0.3, 0.4) is 0 Å². The molecule has 0 aliphatic carbocycles. The number of fused-ring (bicyclic) bond motifs is 1. The number of nitrogens with one attached hydrogen (secondary N) is 1. The number of aromatic nitrogens is 4. The minimum atomic E-state index is -0.0646. The van der Waals surface area contributed by atoms with Gasteiger partial charge in [0, 0.05) is 38.5 Å². The number of anilines is 1. The summed E-state index contributed by atoms with van der Waals surface area (Å²) in [6.45, 7) is 12.3. The Kier molecular flexibility index (Phi) is 6.12. The topological polar surface area (TPSA) is 68.0 Å². The van der Waals surface area contributed by atoms with E-state index in [1.54, 1.807) is 23.4 Å². The Morgan fingerprint density at radius 1 is 1.22 bits per heavy atom. The minimum Gasteiger partial charge on any atom is -0.340 e. The molecule has 1 unspecified atom stereocenters. The Bertz CT molecular complexity index is 930. The lowest BCUT2D eigenvalue weighted by Gasteiger charge is -2.28. The molecule has 1 fully saturated rings. The van der Waals surface area contributed by atoms with Crippen LogP contribution < -0.4 is 15.8 Å². The van der Waals surface area contributed by atoms with Gasteiger partial charge in [0.1, 0.15) is 0 Å². The van der Waals surface area contributed by atoms with Crippen molar-refractivity contribution < 1.29 is 0 Å². The summed E-state index contributed by atoms with van der Waals surface area (Å²) in [5.41, 5.74) is 0.989. The molecule has 0 bridgehead atoms. The molecule has 7 nitrogen and oxygen atoms in total. The standard InChI is InChI=1S/C19H28N6OS/c1-6-7-10-25-15-16(21-18(25)24-11-8-20-9-12-24)22-19(23(5)17(15)26)27-14(4)13(2)3/h13-14,20H,8-12H2,1-5H3. The van der Waals surface area contributed by atoms with E-state index in [0.717, 1.165) is 32.1 Å². The fourth-order valence-electron chi connectivity index (χ4n) is 2.95. The average molecular weight is 389 g/mol. The van der Waals surface area contributed by atoms with Crippen molar-refractivity contribution >= 4 is 28.9 Å². The van der Waals surface area contributed by atoms with E-state index in [1.807, 2.05) is 11.5 Å². The molecule has 2 aromatic rings. The molecule has 0 saturated carbocycles. The quantitative estimate of drug-likeness (QED) is 0.478. The van der Waals surface area contributed by atoms with Crippen LogP contribution in [0.2, 0.25) is 0 Å². The first-order valence-corrected chi connectivity index (χ1v) is 10.3. The van der Waals surface area contributed by atoms with Crippen LogP contribution in [0.1, 0.15) is 27.7 Å². The summed E-state index contributed by atoms with van der Waals surface area (Å²) in [6.07, 6.45) is 0. The second-order valence-corrected chi connectivity index (χ2v) is 8.50. The Labute approximate surface area is 164 Å². The van der Waals surface area contributed by atoms with Crippen molar-refractivity contribution in [3.05, 3.63) is 10.4 Å². The maximum Gasteiger partial charge on any atom is 0.280 e. The molecule has 0 aromatic carbocycles. The molecule has 2 aromatic heterocycles. The number of nitrogens with zero attached hydrogens (tertiary/aromatic N) is 5. The van der Waals surface area contributed by atoms with Gasteiger partial charge in [-0.15, -0.1) is 5.92 Å². The fourth-order valence-corrected chi connectivity index (χ4v) is 3.94. The number of imidazole rings is 1. The molecule has 3 rings (SSSR count). The molecule has 3 heterocycles. The van der Waals surface area contributed by atoms with Gasteiger partial charge in [-0.3, -0.25) is 13.9 Å². The molecule has 1 saturated heterocycles. The maximum atomic E-state index is 13.2. The van der Waals surface area contributed by atoms with Gasteiger partial charge in [-0.1, -0.05) is 38.5 Å². The number of hydrogen-bond acceptors (Lipinski definition) is 6. The highest BCUT2D eigenvalue weighted by atomic mass is 32.2. The second-order valence-electron chi connectivity index (χ2n) is 7.16. The molecule has 0 amide bonds. The molecule has 146 valence electrons. The van der Waals surface area contributed by atoms with E-state index in [4.69, 9.17) is 9.97 Å². The van der Waals surface area contributed by atoms with Crippen molar-refractivity contribution in [1.29, 1.82) is 0 Å². The van der Waals surface area contributed by atoms with Crippen LogP contribution in [-0.4, -0.2) is 50.5 Å². The zero-order valence-corrected chi connectivity index (χ0v) is 17.6. The predicted octanol–water partition coefficient (Wildman–Crippen LogP) is 1.70. The molecule has 1 N–H and O–H groups in total. The Morgan fingerprint density at radius 2 is 1.93 bits per heavy atom. The summed E-state index contributed by atoms with van der Waals surface area (Å²) < 4.78 is 3.57. The van der Waals surface area contributed by atoms with Gasteiger partial charge >= 0.3 is 0 Å². The Balaban J connectivity index is 2.14. The minimum absolute atomic E-state index is 0.0646. The summed E-state index contributed by atoms with van der Waals surface area (Å²) in [7, 11) is 1.79. The van der Waals surface area contributed by atoms with Crippen LogP contribution >= 0.6 is 11.8 Å². The highest BCUT2D eigenvalue weighted by molar-refractivity contribution is 7.99. The van der Waals surface area contributed by atoms with Crippen LogP contribution in [-0.2, 0) is 13.6 Å². The van der Waals surface area contributed by atoms with Crippen molar-refractivity contribution in [3.63, 3.8) is 0 Å². The first kappa shape index (κ1) is 19.8. The Morgan fingerprint density at radius 3 is 2.56 bits per heavy atom. The fraction of sp³-hybridized carbons (Fsp3) is 0.632. The lowest BCUT2D eigenvalue weighted by atomic mass is 10.2. The van der Waals surface area contributed by atoms with Gasteiger partial charge in [-0.05, 0) is 12.8 Å². The van der Waals surface area contributed by atoms with E-state index >= 15 is 0 Å². The van der Waals surface area contributed by atoms with Crippen LogP contribution in [0, 0.1) is 17.8 Å². The van der Waals surface area contributed by atoms with Crippen molar-refractivity contribution in [3.8, 4) is 11.8 Å². The van der Waals surface area contributed by atoms with E-state index < -0.39 is 0 Å². The highest BCUT2D eigenvalue weighted by Crippen LogP contribution is 2.27. The summed E-state index contributed by atoms with van der Waals surface area (Å²) in [4.78, 5) is 24.9. The third-order valence-electron chi connectivity index (χ3n) is 4.97. The number of piperazine rings is 1. The van der Waals surface area contributed by atoms with Crippen molar-refractivity contribution in [2.75, 3.05) is 31.1 Å². The molecular weight excluding hydrogens is 360 g/mol. The van der Waals surface area contributed by atoms with Gasteiger partial charge in [0.25, 0.3) is 5.56 Å². The zero-order valence-electron chi connectivity index (χ0n) is 16.7. The van der Waals surface area contributed by atoms with Crippen LogP contribution in [0.4, 0.5) is 5.95 Å². The van der Waals surface area contributed by atoms with Crippen LogP contribution in [0.5, 0.6) is 0 Å². The van der Waals surface area contributed by atoms with Gasteiger partial charge in [0.05, 0.1) is 6.54 Å². The summed E-state index contributed by atoms with van der Waals surface area (Å²) >= 11 is 1.63. The molecular formula is C19H28N6OS. The van der Waals surface area contributed by atoms with E-state index in [-0.39, 0.29) is 5.56 Å². The summed E-state index contributed by atoms with van der Waals surface area (Å²) in [5.74, 6) is 7.29. The lowest BCUT2D eigenvalue weighted by Crippen LogP contribution is -2.44. The summed E-state index contributed by atoms with van der Waals surface area (Å²) in [5, 5.41) is 4.43. The first-order chi connectivity index (χ1) is 12.9. The molecule has 1 atom stereocenters. The SMILES string of the molecule is CC#CCn1c(N2CCNCC2)nc2nc(SC(C)C(C)C)n(C)c(=O)c21. The van der Waals surface area contributed by atoms with Gasteiger partial charge in [0.15, 0.2) is 16.3 Å². The normalized spacial score (nSPS) is 15.9. The number of hydrogen-bond donors (Lipinski definition) is 1. The third-order valence-corrected chi connectivity index (χ3v) is 6.46. The number of rotatable bonds is 5. The van der Waals surface area contributed by atoms with E-state index in [0.29, 0.717) is 34.0 Å². The van der Waals surface area contributed by atoms with Crippen LogP contribution in [0.15, 0.2) is 9.95 Å². The van der Waals surface area contributed by atoms with Crippen LogP contribution in [0.25, 0.3) is 11.2 Å². The third kappa shape index (κ3) is 3.99. The maximum absolute atomic E-state index is 13.2. The molecule has 1 aliphatic rings. The molecule has 8 heteroatoms. The molecule has 1 aliphatic heterocycles. The molecule has 27 heavy (non-hydrogen) atoms. The summed E-state index contributed by atoms with van der Waals surface area (Å²) in [6, 6.07) is 0. The zero-order chi connectivity index (χ0) is 19.6. The van der Waals surface area contributed by atoms with E-state index in [2.05, 4.69) is 42.8 Å². The Hall–Kier alpha value is -1.98. The lowest BCUT2D eigenvalue weighted by molar-refractivity contribution is 0.573. The van der Waals surface area contributed by atoms with Crippen molar-refractivity contribution in [2.24, 2.45) is 13.0 Å². The average Bonchev–Trinajstić information content (AvgIpc) is 3.03. The van der Waals surface area contributed by atoms with E-state index in [9.17, 15) is 4.79 Å². The highest BCUT2D eigenvalue weighted by Gasteiger charge is 2.23. The molecule has 0 radical (unpaired) electrons. The van der Waals surface area contributed by atoms with Crippen molar-refractivity contribution in [2.45, 2.75) is 44.6 Å². The van der Waals surface area contributed by atoms with Gasteiger partial charge in [-0.25, -0.2) is 4.98 Å². The first-order valence-electron chi connectivity index (χ1n) is 9.43.